The molecule has 0 unspecified atom stereocenters. The van der Waals surface area contributed by atoms with Gasteiger partial charge in [-0.1, -0.05) is 6.42 Å². The number of halogens is 4. The number of benzene rings is 1. The second kappa shape index (κ2) is 10.9. The predicted octanol–water partition coefficient (Wildman–Crippen LogP) is 4.36. The number of ether oxygens (including phenoxy) is 1. The molecule has 160 valence electrons. The second-order valence-electron chi connectivity index (χ2n) is 6.83. The lowest BCUT2D eigenvalue weighted by Crippen LogP contribution is -2.29. The quantitative estimate of drug-likeness (QED) is 0.438. The van der Waals surface area contributed by atoms with E-state index >= 15 is 0 Å². The third-order valence-electron chi connectivity index (χ3n) is 4.36. The van der Waals surface area contributed by atoms with E-state index in [2.05, 4.69) is 14.9 Å². The molecule has 0 saturated heterocycles. The molecule has 29 heavy (non-hydrogen) atoms. The maximum Gasteiger partial charge on any atom is 0.411 e. The Morgan fingerprint density at radius 2 is 1.90 bits per heavy atom. The topological polar surface area (TPSA) is 58.2 Å². The van der Waals surface area contributed by atoms with E-state index in [1.807, 2.05) is 6.07 Å². The molecule has 0 aliphatic carbocycles. The molecule has 1 amide bonds. The Bertz CT molecular complexity index is 760. The van der Waals surface area contributed by atoms with E-state index in [0.29, 0.717) is 6.54 Å². The molecule has 0 spiro atoms. The number of amides is 1. The number of H-pyrrole nitrogens is 1. The second-order valence-corrected chi connectivity index (χ2v) is 6.83. The van der Waals surface area contributed by atoms with E-state index in [4.69, 9.17) is 0 Å². The van der Waals surface area contributed by atoms with Crippen LogP contribution in [-0.2, 0) is 16.0 Å². The van der Waals surface area contributed by atoms with Gasteiger partial charge in [-0.05, 0) is 49.6 Å². The Morgan fingerprint density at radius 3 is 2.59 bits per heavy atom. The van der Waals surface area contributed by atoms with E-state index in [1.165, 1.54) is 17.0 Å². The average molecular weight is 415 g/mol. The van der Waals surface area contributed by atoms with Gasteiger partial charge in [-0.3, -0.25) is 9.89 Å². The first-order valence-corrected chi connectivity index (χ1v) is 9.43. The largest absolute Gasteiger partial charge is 0.411 e. The van der Waals surface area contributed by atoms with Gasteiger partial charge in [-0.2, -0.15) is 18.3 Å². The zero-order valence-corrected chi connectivity index (χ0v) is 16.3. The van der Waals surface area contributed by atoms with Crippen molar-refractivity contribution in [2.45, 2.75) is 38.3 Å². The van der Waals surface area contributed by atoms with E-state index < -0.39 is 12.8 Å². The summed E-state index contributed by atoms with van der Waals surface area (Å²) in [5.74, 6) is -0.522. The van der Waals surface area contributed by atoms with Crippen molar-refractivity contribution in [3.63, 3.8) is 0 Å². The summed E-state index contributed by atoms with van der Waals surface area (Å²) in [6.07, 6.45) is -1.03. The van der Waals surface area contributed by atoms with Gasteiger partial charge in [0.25, 0.3) is 0 Å². The summed E-state index contributed by atoms with van der Waals surface area (Å²) in [7, 11) is 1.63. The lowest BCUT2D eigenvalue weighted by molar-refractivity contribution is -0.175. The lowest BCUT2D eigenvalue weighted by atomic mass is 10.1. The number of hydrogen-bond acceptors (Lipinski definition) is 3. The summed E-state index contributed by atoms with van der Waals surface area (Å²) >= 11 is 0. The molecule has 0 bridgehead atoms. The summed E-state index contributed by atoms with van der Waals surface area (Å²) in [5.41, 5.74) is 2.59. The van der Waals surface area contributed by atoms with Crippen molar-refractivity contribution < 1.29 is 27.1 Å². The van der Waals surface area contributed by atoms with Crippen LogP contribution in [0.25, 0.3) is 11.3 Å². The Hall–Kier alpha value is -2.42. The van der Waals surface area contributed by atoms with E-state index in [-0.39, 0.29) is 24.8 Å². The summed E-state index contributed by atoms with van der Waals surface area (Å²) in [5, 5.41) is 7.21. The van der Waals surface area contributed by atoms with Crippen molar-refractivity contribution in [3.8, 4) is 11.3 Å². The normalized spacial score (nSPS) is 11.6. The van der Waals surface area contributed by atoms with Crippen molar-refractivity contribution in [2.75, 3.05) is 26.8 Å². The number of alkyl halides is 3. The number of rotatable bonds is 11. The molecule has 1 aromatic carbocycles. The minimum Gasteiger partial charge on any atom is -0.372 e. The summed E-state index contributed by atoms with van der Waals surface area (Å²) in [4.78, 5) is 13.4. The van der Waals surface area contributed by atoms with Crippen LogP contribution in [0.1, 0.15) is 31.4 Å². The lowest BCUT2D eigenvalue weighted by Gasteiger charge is -2.17. The van der Waals surface area contributed by atoms with Gasteiger partial charge in [0.2, 0.25) is 5.91 Å². The van der Waals surface area contributed by atoms with Gasteiger partial charge in [0.1, 0.15) is 12.4 Å². The Labute approximate surface area is 167 Å². The van der Waals surface area contributed by atoms with Gasteiger partial charge >= 0.3 is 6.18 Å². The Kier molecular flexibility index (Phi) is 8.63. The van der Waals surface area contributed by atoms with E-state index in [0.717, 1.165) is 42.6 Å². The first kappa shape index (κ1) is 22.9. The first-order chi connectivity index (χ1) is 13.7. The van der Waals surface area contributed by atoms with Crippen LogP contribution in [0.5, 0.6) is 0 Å². The van der Waals surface area contributed by atoms with E-state index in [1.54, 1.807) is 19.2 Å². The fourth-order valence-corrected chi connectivity index (χ4v) is 2.76. The van der Waals surface area contributed by atoms with Crippen molar-refractivity contribution in [1.82, 2.24) is 15.1 Å². The zero-order chi connectivity index (χ0) is 21.3. The third kappa shape index (κ3) is 8.64. The maximum atomic E-state index is 13.0. The van der Waals surface area contributed by atoms with Crippen LogP contribution < -0.4 is 0 Å². The smallest absolute Gasteiger partial charge is 0.372 e. The van der Waals surface area contributed by atoms with Gasteiger partial charge in [0.05, 0.1) is 18.7 Å². The molecule has 0 aliphatic rings. The average Bonchev–Trinajstić information content (AvgIpc) is 3.13. The maximum absolute atomic E-state index is 13.0. The molecule has 1 heterocycles. The Morgan fingerprint density at radius 1 is 1.17 bits per heavy atom. The third-order valence-corrected chi connectivity index (χ3v) is 4.36. The van der Waals surface area contributed by atoms with Crippen LogP contribution in [0.15, 0.2) is 30.3 Å². The van der Waals surface area contributed by atoms with Crippen molar-refractivity contribution in [2.24, 2.45) is 0 Å². The number of aromatic nitrogens is 2. The SMILES string of the molecule is CN(CCCCCc1cc(-c2ccc(F)cc2)n[nH]1)C(=O)CCOCC(F)(F)F. The highest BCUT2D eigenvalue weighted by molar-refractivity contribution is 5.75. The molecular weight excluding hydrogens is 390 g/mol. The standard InChI is InChI=1S/C20H25F4N3O2/c1-27(19(28)10-12-29-14-20(22,23)24)11-4-2-3-5-17-13-18(26-25-17)15-6-8-16(21)9-7-15/h6-9,13H,2-5,10-12,14H2,1H3,(H,25,26). The molecule has 0 saturated carbocycles. The number of aromatic amines is 1. The van der Waals surface area contributed by atoms with Crippen LogP contribution in [0.3, 0.4) is 0 Å². The minimum atomic E-state index is -4.37. The molecule has 5 nitrogen and oxygen atoms in total. The highest BCUT2D eigenvalue weighted by Gasteiger charge is 2.27. The van der Waals surface area contributed by atoms with Crippen molar-refractivity contribution in [1.29, 1.82) is 0 Å². The highest BCUT2D eigenvalue weighted by atomic mass is 19.4. The number of unbranched alkanes of at least 4 members (excludes halogenated alkanes) is 2. The van der Waals surface area contributed by atoms with Gasteiger partial charge in [-0.25, -0.2) is 4.39 Å². The van der Waals surface area contributed by atoms with Crippen LogP contribution >= 0.6 is 0 Å². The molecular formula is C20H25F4N3O2. The summed E-state index contributed by atoms with van der Waals surface area (Å²) < 4.78 is 53.3. The molecule has 2 rings (SSSR count). The zero-order valence-electron chi connectivity index (χ0n) is 16.3. The van der Waals surface area contributed by atoms with E-state index in [9.17, 15) is 22.4 Å². The number of aryl methyl sites for hydroxylation is 1. The molecule has 0 fully saturated rings. The molecule has 0 aliphatic heterocycles. The number of nitrogens with one attached hydrogen (secondary N) is 1. The minimum absolute atomic E-state index is 0.0626. The van der Waals surface area contributed by atoms with Gasteiger partial charge in [-0.15, -0.1) is 0 Å². The van der Waals surface area contributed by atoms with Crippen LogP contribution in [0.2, 0.25) is 0 Å². The van der Waals surface area contributed by atoms with Gasteiger partial charge in [0, 0.05) is 24.8 Å². The molecule has 1 aromatic heterocycles. The first-order valence-electron chi connectivity index (χ1n) is 9.43. The summed E-state index contributed by atoms with van der Waals surface area (Å²) in [6.45, 7) is -1.03. The predicted molar refractivity (Wildman–Crippen MR) is 101 cm³/mol. The fourth-order valence-electron chi connectivity index (χ4n) is 2.76. The van der Waals surface area contributed by atoms with Crippen LogP contribution in [0.4, 0.5) is 17.6 Å². The molecule has 0 atom stereocenters. The number of carbonyl (C=O) groups is 1. The molecule has 9 heteroatoms. The number of carbonyl (C=O) groups excluding carboxylic acids is 1. The number of nitrogens with zero attached hydrogens (tertiary/aromatic N) is 2. The van der Waals surface area contributed by atoms with Crippen molar-refractivity contribution >= 4 is 5.91 Å². The monoisotopic (exact) mass is 415 g/mol. The fraction of sp³-hybridized carbons (Fsp3) is 0.500. The number of hydrogen-bond donors (Lipinski definition) is 1. The van der Waals surface area contributed by atoms with Gasteiger partial charge < -0.3 is 9.64 Å². The van der Waals surface area contributed by atoms with Crippen LogP contribution in [0, 0.1) is 5.82 Å². The molecule has 0 radical (unpaired) electrons. The van der Waals surface area contributed by atoms with Gasteiger partial charge in [0.15, 0.2) is 0 Å². The molecule has 2 aromatic rings. The molecule has 1 N–H and O–H groups in total. The van der Waals surface area contributed by atoms with Crippen LogP contribution in [-0.4, -0.2) is 54.0 Å². The highest BCUT2D eigenvalue weighted by Crippen LogP contribution is 2.19. The van der Waals surface area contributed by atoms with Crippen molar-refractivity contribution in [3.05, 3.63) is 41.8 Å². The summed E-state index contributed by atoms with van der Waals surface area (Å²) in [6, 6.07) is 8.07. The Balaban J connectivity index is 1.59.